The Labute approximate surface area is 143 Å². The normalized spacial score (nSPS) is 22.8. The van der Waals surface area contributed by atoms with Gasteiger partial charge in [-0.05, 0) is 43.0 Å². The van der Waals surface area contributed by atoms with Gasteiger partial charge >= 0.3 is 0 Å². The van der Waals surface area contributed by atoms with E-state index in [4.69, 9.17) is 0 Å². The Hall–Kier alpha value is -1.44. The maximum Gasteiger partial charge on any atom is 0.243 e. The molecule has 7 heteroatoms. The summed E-state index contributed by atoms with van der Waals surface area (Å²) in [5, 5.41) is 3.22. The van der Waals surface area contributed by atoms with Crippen LogP contribution in [0.15, 0.2) is 23.1 Å². The fraction of sp³-hybridized carbons (Fsp3) is 0.588. The predicted octanol–water partition coefficient (Wildman–Crippen LogP) is 0.616. The number of nitrogens with one attached hydrogen (secondary N) is 1. The summed E-state index contributed by atoms with van der Waals surface area (Å²) in [6.45, 7) is 6.72. The molecule has 1 N–H and O–H groups in total. The van der Waals surface area contributed by atoms with Crippen molar-refractivity contribution >= 4 is 15.9 Å². The van der Waals surface area contributed by atoms with E-state index in [0.29, 0.717) is 44.0 Å². The Kier molecular flexibility index (Phi) is 4.94. The van der Waals surface area contributed by atoms with Crippen molar-refractivity contribution in [1.82, 2.24) is 14.5 Å². The lowest BCUT2D eigenvalue weighted by Gasteiger charge is -2.33. The number of amides is 1. The van der Waals surface area contributed by atoms with Gasteiger partial charge in [0.2, 0.25) is 15.9 Å². The zero-order chi connectivity index (χ0) is 17.3. The zero-order valence-electron chi connectivity index (χ0n) is 14.3. The second kappa shape index (κ2) is 6.82. The summed E-state index contributed by atoms with van der Waals surface area (Å²) in [5.74, 6) is 0.0743. The molecule has 1 fully saturated rings. The number of hydrogen-bond donors (Lipinski definition) is 1. The Morgan fingerprint density at radius 2 is 1.88 bits per heavy atom. The van der Waals surface area contributed by atoms with Crippen LogP contribution in [0.2, 0.25) is 0 Å². The lowest BCUT2D eigenvalue weighted by atomic mass is 10.0. The highest BCUT2D eigenvalue weighted by Gasteiger charge is 2.31. The van der Waals surface area contributed by atoms with Crippen LogP contribution in [-0.2, 0) is 27.7 Å². The first-order chi connectivity index (χ1) is 11.4. The first-order valence-electron chi connectivity index (χ1n) is 8.49. The standard InChI is InChI=1S/C17H25N3O3S/c1-13-12-18-7-10-20(13)24(22,23)17-4-3-15-5-8-19(14(2)21)9-6-16(15)11-17/h3-4,11,13,18H,5-10,12H2,1-2H3/t13-/m0/s1. The van der Waals surface area contributed by atoms with Gasteiger partial charge in [0.15, 0.2) is 0 Å². The van der Waals surface area contributed by atoms with Crippen molar-refractivity contribution in [2.75, 3.05) is 32.7 Å². The number of carbonyl (C=O) groups is 1. The van der Waals surface area contributed by atoms with E-state index < -0.39 is 10.0 Å². The predicted molar refractivity (Wildman–Crippen MR) is 92.3 cm³/mol. The molecule has 1 aromatic carbocycles. The van der Waals surface area contributed by atoms with E-state index in [1.54, 1.807) is 17.3 Å². The maximum absolute atomic E-state index is 13.0. The average molecular weight is 351 g/mol. The van der Waals surface area contributed by atoms with E-state index in [1.165, 1.54) is 0 Å². The summed E-state index contributed by atoms with van der Waals surface area (Å²) in [7, 11) is -3.47. The molecule has 24 heavy (non-hydrogen) atoms. The Morgan fingerprint density at radius 1 is 1.17 bits per heavy atom. The van der Waals surface area contributed by atoms with Gasteiger partial charge in [-0.3, -0.25) is 4.79 Å². The van der Waals surface area contributed by atoms with Crippen LogP contribution in [0.1, 0.15) is 25.0 Å². The molecule has 0 aliphatic carbocycles. The molecule has 1 amide bonds. The van der Waals surface area contributed by atoms with Gasteiger partial charge in [0.25, 0.3) is 0 Å². The number of piperazine rings is 1. The number of carbonyl (C=O) groups excluding carboxylic acids is 1. The molecule has 2 heterocycles. The SMILES string of the molecule is CC(=O)N1CCc2ccc(S(=O)(=O)N3CCNC[C@@H]3C)cc2CC1. The quantitative estimate of drug-likeness (QED) is 0.848. The second-order valence-corrected chi connectivity index (χ2v) is 8.50. The molecule has 2 aliphatic heterocycles. The number of nitrogens with zero attached hydrogens (tertiary/aromatic N) is 2. The third-order valence-electron chi connectivity index (χ3n) is 4.97. The third kappa shape index (κ3) is 3.34. The van der Waals surface area contributed by atoms with Crippen molar-refractivity contribution in [3.8, 4) is 0 Å². The summed E-state index contributed by atoms with van der Waals surface area (Å²) in [6, 6.07) is 5.39. The minimum atomic E-state index is -3.47. The number of fused-ring (bicyclic) bond motifs is 1. The van der Waals surface area contributed by atoms with E-state index in [1.807, 2.05) is 24.0 Å². The van der Waals surface area contributed by atoms with E-state index in [2.05, 4.69) is 5.32 Å². The molecule has 6 nitrogen and oxygen atoms in total. The van der Waals surface area contributed by atoms with Gasteiger partial charge in [0, 0.05) is 45.7 Å². The summed E-state index contributed by atoms with van der Waals surface area (Å²) in [6.07, 6.45) is 1.48. The molecule has 0 saturated carbocycles. The van der Waals surface area contributed by atoms with E-state index in [9.17, 15) is 13.2 Å². The average Bonchev–Trinajstić information content (AvgIpc) is 2.77. The number of hydrogen-bond acceptors (Lipinski definition) is 4. The monoisotopic (exact) mass is 351 g/mol. The Morgan fingerprint density at radius 3 is 2.54 bits per heavy atom. The van der Waals surface area contributed by atoms with Crippen LogP contribution in [0.3, 0.4) is 0 Å². The van der Waals surface area contributed by atoms with Crippen LogP contribution in [0.5, 0.6) is 0 Å². The lowest BCUT2D eigenvalue weighted by molar-refractivity contribution is -0.128. The van der Waals surface area contributed by atoms with Crippen molar-refractivity contribution in [2.45, 2.75) is 37.6 Å². The highest BCUT2D eigenvalue weighted by molar-refractivity contribution is 7.89. The van der Waals surface area contributed by atoms with E-state index >= 15 is 0 Å². The fourth-order valence-electron chi connectivity index (χ4n) is 3.49. The molecule has 0 aromatic heterocycles. The van der Waals surface area contributed by atoms with Gasteiger partial charge in [0.05, 0.1) is 4.90 Å². The molecule has 0 unspecified atom stereocenters. The minimum absolute atomic E-state index is 0.0456. The van der Waals surface area contributed by atoms with Crippen LogP contribution in [-0.4, -0.2) is 62.3 Å². The first kappa shape index (κ1) is 17.4. The third-order valence-corrected chi connectivity index (χ3v) is 6.98. The molecule has 3 rings (SSSR count). The molecule has 1 aromatic rings. The zero-order valence-corrected chi connectivity index (χ0v) is 15.1. The van der Waals surface area contributed by atoms with Gasteiger partial charge < -0.3 is 10.2 Å². The largest absolute Gasteiger partial charge is 0.342 e. The molecular formula is C17H25N3O3S. The maximum atomic E-state index is 13.0. The highest BCUT2D eigenvalue weighted by Crippen LogP contribution is 2.24. The summed E-state index contributed by atoms with van der Waals surface area (Å²) < 4.78 is 27.5. The fourth-order valence-corrected chi connectivity index (χ4v) is 5.17. The molecule has 0 spiro atoms. The highest BCUT2D eigenvalue weighted by atomic mass is 32.2. The van der Waals surface area contributed by atoms with Crippen LogP contribution >= 0.6 is 0 Å². The van der Waals surface area contributed by atoms with Crippen molar-refractivity contribution in [1.29, 1.82) is 0 Å². The van der Waals surface area contributed by atoms with Gasteiger partial charge in [0.1, 0.15) is 0 Å². The number of rotatable bonds is 2. The minimum Gasteiger partial charge on any atom is -0.342 e. The Bertz CT molecular complexity index is 733. The van der Waals surface area contributed by atoms with Crippen LogP contribution in [0.25, 0.3) is 0 Å². The first-order valence-corrected chi connectivity index (χ1v) is 9.93. The van der Waals surface area contributed by atoms with Gasteiger partial charge in [-0.2, -0.15) is 4.31 Å². The molecule has 0 bridgehead atoms. The molecule has 0 radical (unpaired) electrons. The smallest absolute Gasteiger partial charge is 0.243 e. The summed E-state index contributed by atoms with van der Waals surface area (Å²) in [4.78, 5) is 13.8. The van der Waals surface area contributed by atoms with Gasteiger partial charge in [-0.25, -0.2) is 8.42 Å². The van der Waals surface area contributed by atoms with Crippen LogP contribution in [0, 0.1) is 0 Å². The summed E-state index contributed by atoms with van der Waals surface area (Å²) >= 11 is 0. The van der Waals surface area contributed by atoms with E-state index in [-0.39, 0.29) is 11.9 Å². The van der Waals surface area contributed by atoms with Crippen molar-refractivity contribution < 1.29 is 13.2 Å². The molecule has 1 saturated heterocycles. The van der Waals surface area contributed by atoms with Crippen molar-refractivity contribution in [3.05, 3.63) is 29.3 Å². The lowest BCUT2D eigenvalue weighted by Crippen LogP contribution is -2.52. The summed E-state index contributed by atoms with van der Waals surface area (Å²) in [5.41, 5.74) is 2.19. The number of sulfonamides is 1. The van der Waals surface area contributed by atoms with Crippen molar-refractivity contribution in [2.24, 2.45) is 0 Å². The molecular weight excluding hydrogens is 326 g/mol. The van der Waals surface area contributed by atoms with Crippen molar-refractivity contribution in [3.63, 3.8) is 0 Å². The van der Waals surface area contributed by atoms with Crippen LogP contribution < -0.4 is 5.32 Å². The van der Waals surface area contributed by atoms with Gasteiger partial charge in [-0.1, -0.05) is 6.07 Å². The second-order valence-electron chi connectivity index (χ2n) is 6.61. The topological polar surface area (TPSA) is 69.7 Å². The van der Waals surface area contributed by atoms with Gasteiger partial charge in [-0.15, -0.1) is 0 Å². The number of benzene rings is 1. The Balaban J connectivity index is 1.88. The molecule has 2 aliphatic rings. The molecule has 1 atom stereocenters. The molecule has 132 valence electrons. The van der Waals surface area contributed by atoms with E-state index in [0.717, 1.165) is 17.5 Å². The van der Waals surface area contributed by atoms with Crippen LogP contribution in [0.4, 0.5) is 0 Å².